The van der Waals surface area contributed by atoms with Gasteiger partial charge < -0.3 is 4.98 Å². The van der Waals surface area contributed by atoms with E-state index in [2.05, 4.69) is 20.0 Å². The van der Waals surface area contributed by atoms with Crippen LogP contribution in [0.25, 0.3) is 0 Å². The predicted molar refractivity (Wildman–Crippen MR) is 80.4 cm³/mol. The molecular weight excluding hydrogens is 290 g/mol. The molecule has 3 rings (SSSR count). The maximum Gasteiger partial charge on any atom is 0.255 e. The number of fused-ring (bicyclic) bond motifs is 1. The van der Waals surface area contributed by atoms with Crippen molar-refractivity contribution in [3.05, 3.63) is 43.8 Å². The second-order valence-electron chi connectivity index (χ2n) is 5.52. The van der Waals surface area contributed by atoms with Crippen LogP contribution >= 0.6 is 11.6 Å². The number of nitrogens with one attached hydrogen (secondary N) is 1. The van der Waals surface area contributed by atoms with Crippen molar-refractivity contribution in [1.29, 1.82) is 0 Å². The third kappa shape index (κ3) is 2.61. The maximum atomic E-state index is 12.1. The zero-order chi connectivity index (χ0) is 15.1. The van der Waals surface area contributed by atoms with Gasteiger partial charge in [-0.05, 0) is 13.8 Å². The monoisotopic (exact) mass is 307 g/mol. The maximum absolute atomic E-state index is 12.1. The molecule has 112 valence electrons. The Labute approximate surface area is 127 Å². The Hall–Kier alpha value is -1.66. The fourth-order valence-electron chi connectivity index (χ4n) is 2.82. The normalized spacial score (nSPS) is 15.2. The lowest BCUT2D eigenvalue weighted by atomic mass is 10.1. The van der Waals surface area contributed by atoms with Gasteiger partial charge in [0.05, 0.1) is 17.0 Å². The Morgan fingerprint density at radius 1 is 1.38 bits per heavy atom. The summed E-state index contributed by atoms with van der Waals surface area (Å²) in [5, 5.41) is 4.99. The Bertz CT molecular complexity index is 749. The number of aryl methyl sites for hydroxylation is 3. The highest BCUT2D eigenvalue weighted by Gasteiger charge is 2.23. The van der Waals surface area contributed by atoms with E-state index in [1.807, 2.05) is 20.9 Å². The molecule has 0 saturated heterocycles. The molecule has 0 amide bonds. The highest BCUT2D eigenvalue weighted by atomic mass is 35.5. The van der Waals surface area contributed by atoms with Crippen molar-refractivity contribution in [2.75, 3.05) is 6.54 Å². The van der Waals surface area contributed by atoms with Crippen LogP contribution in [0.5, 0.6) is 0 Å². The zero-order valence-corrected chi connectivity index (χ0v) is 13.2. The average Bonchev–Trinajstić information content (AvgIpc) is 2.66. The molecule has 0 bridgehead atoms. The first kappa shape index (κ1) is 14.3. The average molecular weight is 308 g/mol. The summed E-state index contributed by atoms with van der Waals surface area (Å²) in [6.07, 6.45) is 0.789. The standard InChI is InChI=1S/C14H18ClN5O/c1-8-10(13(15)19(3)18-8)6-20-5-4-12-11(7-20)14(21)17-9(2)16-12/h4-7H2,1-3H3,(H,16,17,21). The van der Waals surface area contributed by atoms with E-state index in [-0.39, 0.29) is 5.56 Å². The Morgan fingerprint density at radius 3 is 2.81 bits per heavy atom. The van der Waals surface area contributed by atoms with Crippen molar-refractivity contribution >= 4 is 11.6 Å². The molecule has 21 heavy (non-hydrogen) atoms. The van der Waals surface area contributed by atoms with Gasteiger partial charge in [-0.2, -0.15) is 5.10 Å². The van der Waals surface area contributed by atoms with Crippen LogP contribution in [0.1, 0.15) is 28.3 Å². The smallest absolute Gasteiger partial charge is 0.255 e. The molecule has 0 spiro atoms. The van der Waals surface area contributed by atoms with Gasteiger partial charge in [0.15, 0.2) is 0 Å². The number of rotatable bonds is 2. The molecule has 2 aromatic heterocycles. The van der Waals surface area contributed by atoms with Gasteiger partial charge in [-0.25, -0.2) is 4.98 Å². The lowest BCUT2D eigenvalue weighted by molar-refractivity contribution is 0.241. The first-order valence-corrected chi connectivity index (χ1v) is 7.32. The molecule has 0 aromatic carbocycles. The Morgan fingerprint density at radius 2 is 2.14 bits per heavy atom. The van der Waals surface area contributed by atoms with Crippen LogP contribution in [-0.2, 0) is 26.6 Å². The van der Waals surface area contributed by atoms with Crippen molar-refractivity contribution in [2.45, 2.75) is 33.4 Å². The van der Waals surface area contributed by atoms with Gasteiger partial charge in [0.1, 0.15) is 11.0 Å². The van der Waals surface area contributed by atoms with Crippen molar-refractivity contribution in [3.63, 3.8) is 0 Å². The van der Waals surface area contributed by atoms with Crippen molar-refractivity contribution in [3.8, 4) is 0 Å². The minimum Gasteiger partial charge on any atom is -0.310 e. The number of halogens is 1. The fourth-order valence-corrected chi connectivity index (χ4v) is 3.05. The minimum atomic E-state index is -0.0313. The first-order valence-electron chi connectivity index (χ1n) is 6.94. The van der Waals surface area contributed by atoms with Crippen LogP contribution in [0.2, 0.25) is 5.15 Å². The molecule has 7 heteroatoms. The number of aromatic amines is 1. The molecule has 0 atom stereocenters. The van der Waals surface area contributed by atoms with Gasteiger partial charge in [-0.15, -0.1) is 0 Å². The summed E-state index contributed by atoms with van der Waals surface area (Å²) >= 11 is 6.28. The highest BCUT2D eigenvalue weighted by molar-refractivity contribution is 6.30. The fraction of sp³-hybridized carbons (Fsp3) is 0.500. The van der Waals surface area contributed by atoms with Crippen molar-refractivity contribution in [1.82, 2.24) is 24.6 Å². The van der Waals surface area contributed by atoms with Gasteiger partial charge in [-0.3, -0.25) is 14.4 Å². The summed E-state index contributed by atoms with van der Waals surface area (Å²) in [6, 6.07) is 0. The molecular formula is C14H18ClN5O. The van der Waals surface area contributed by atoms with E-state index in [1.165, 1.54) is 0 Å². The van der Waals surface area contributed by atoms with Gasteiger partial charge >= 0.3 is 0 Å². The van der Waals surface area contributed by atoms with E-state index in [0.29, 0.717) is 24.1 Å². The predicted octanol–water partition coefficient (Wildman–Crippen LogP) is 1.33. The topological polar surface area (TPSA) is 66.8 Å². The number of hydrogen-bond donors (Lipinski definition) is 1. The molecule has 0 fully saturated rings. The van der Waals surface area contributed by atoms with Crippen LogP contribution in [-0.4, -0.2) is 31.2 Å². The molecule has 0 unspecified atom stereocenters. The highest BCUT2D eigenvalue weighted by Crippen LogP contribution is 2.23. The van der Waals surface area contributed by atoms with Gasteiger partial charge in [0, 0.05) is 38.7 Å². The summed E-state index contributed by atoms with van der Waals surface area (Å²) in [6.45, 7) is 5.94. The summed E-state index contributed by atoms with van der Waals surface area (Å²) in [5.41, 5.74) is 3.62. The summed E-state index contributed by atoms with van der Waals surface area (Å²) < 4.78 is 1.68. The lowest BCUT2D eigenvalue weighted by Crippen LogP contribution is -2.35. The van der Waals surface area contributed by atoms with Crippen molar-refractivity contribution in [2.24, 2.45) is 7.05 Å². The second-order valence-corrected chi connectivity index (χ2v) is 5.87. The van der Waals surface area contributed by atoms with Crippen molar-refractivity contribution < 1.29 is 0 Å². The molecule has 6 nitrogen and oxygen atoms in total. The van der Waals surface area contributed by atoms with Crippen LogP contribution in [0.3, 0.4) is 0 Å². The first-order chi connectivity index (χ1) is 9.95. The Kier molecular flexibility index (Phi) is 3.59. The summed E-state index contributed by atoms with van der Waals surface area (Å²) in [7, 11) is 1.84. The molecule has 3 heterocycles. The molecule has 2 aromatic rings. The van der Waals surface area contributed by atoms with Crippen LogP contribution < -0.4 is 5.56 Å². The second kappa shape index (κ2) is 5.27. The van der Waals surface area contributed by atoms with Gasteiger partial charge in [0.25, 0.3) is 5.56 Å². The van der Waals surface area contributed by atoms with Crippen LogP contribution in [0.4, 0.5) is 0 Å². The number of H-pyrrole nitrogens is 1. The third-order valence-electron chi connectivity index (χ3n) is 3.92. The molecule has 0 saturated carbocycles. The molecule has 1 aliphatic rings. The van der Waals surface area contributed by atoms with E-state index in [9.17, 15) is 4.79 Å². The van der Waals surface area contributed by atoms with Crippen LogP contribution in [0, 0.1) is 13.8 Å². The number of hydrogen-bond acceptors (Lipinski definition) is 4. The molecule has 1 N–H and O–H groups in total. The lowest BCUT2D eigenvalue weighted by Gasteiger charge is -2.27. The largest absolute Gasteiger partial charge is 0.310 e. The van der Waals surface area contributed by atoms with E-state index in [1.54, 1.807) is 4.68 Å². The minimum absolute atomic E-state index is 0.0313. The van der Waals surface area contributed by atoms with E-state index >= 15 is 0 Å². The summed E-state index contributed by atoms with van der Waals surface area (Å²) in [4.78, 5) is 21.5. The quantitative estimate of drug-likeness (QED) is 0.909. The third-order valence-corrected chi connectivity index (χ3v) is 4.39. The van der Waals surface area contributed by atoms with E-state index in [4.69, 9.17) is 11.6 Å². The zero-order valence-electron chi connectivity index (χ0n) is 12.4. The molecule has 0 radical (unpaired) electrons. The van der Waals surface area contributed by atoms with E-state index in [0.717, 1.165) is 35.5 Å². The Balaban J connectivity index is 1.85. The van der Waals surface area contributed by atoms with Gasteiger partial charge in [0.2, 0.25) is 0 Å². The van der Waals surface area contributed by atoms with Crippen LogP contribution in [0.15, 0.2) is 4.79 Å². The van der Waals surface area contributed by atoms with E-state index < -0.39 is 0 Å². The number of nitrogens with zero attached hydrogens (tertiary/aromatic N) is 4. The number of aromatic nitrogens is 4. The molecule has 0 aliphatic carbocycles. The summed E-state index contributed by atoms with van der Waals surface area (Å²) in [5.74, 6) is 0.679. The van der Waals surface area contributed by atoms with Gasteiger partial charge in [-0.1, -0.05) is 11.6 Å². The molecule has 1 aliphatic heterocycles. The SMILES string of the molecule is Cc1nc2c(c(=O)[nH]1)CN(Cc1c(C)nn(C)c1Cl)CC2.